The number of rotatable bonds is 3. The maximum Gasteiger partial charge on any atom is 0.248 e. The van der Waals surface area contributed by atoms with Gasteiger partial charge in [-0.3, -0.25) is 4.79 Å². The zero-order valence-corrected chi connectivity index (χ0v) is 10.0. The molecule has 2 aromatic rings. The molecule has 18 heavy (non-hydrogen) atoms. The van der Waals surface area contributed by atoms with Gasteiger partial charge in [0.05, 0.1) is 5.69 Å². The van der Waals surface area contributed by atoms with Crippen molar-refractivity contribution in [2.45, 2.75) is 6.92 Å². The number of primary amides is 1. The van der Waals surface area contributed by atoms with Crippen molar-refractivity contribution in [1.82, 2.24) is 0 Å². The molecule has 0 radical (unpaired) electrons. The van der Waals surface area contributed by atoms with Crippen molar-refractivity contribution in [2.75, 3.05) is 5.73 Å². The molecule has 0 saturated heterocycles. The Balaban J connectivity index is 2.34. The van der Waals surface area contributed by atoms with Crippen LogP contribution in [0, 0.1) is 6.92 Å². The first-order valence-corrected chi connectivity index (χ1v) is 5.51. The first-order chi connectivity index (χ1) is 8.58. The van der Waals surface area contributed by atoms with Crippen molar-refractivity contribution in [3.63, 3.8) is 0 Å². The monoisotopic (exact) mass is 242 g/mol. The molecule has 0 aliphatic carbocycles. The van der Waals surface area contributed by atoms with Gasteiger partial charge in [0, 0.05) is 5.56 Å². The Labute approximate surface area is 105 Å². The summed E-state index contributed by atoms with van der Waals surface area (Å²) in [6, 6.07) is 12.2. The van der Waals surface area contributed by atoms with Crippen LogP contribution in [0.2, 0.25) is 0 Å². The molecule has 1 amide bonds. The normalized spacial score (nSPS) is 10.1. The molecule has 0 fully saturated rings. The lowest BCUT2D eigenvalue weighted by Gasteiger charge is -2.11. The van der Waals surface area contributed by atoms with Gasteiger partial charge in [-0.05, 0) is 36.8 Å². The van der Waals surface area contributed by atoms with Gasteiger partial charge in [0.25, 0.3) is 0 Å². The molecule has 0 saturated carbocycles. The fraction of sp³-hybridized carbons (Fsp3) is 0.0714. The Morgan fingerprint density at radius 3 is 2.56 bits per heavy atom. The maximum absolute atomic E-state index is 11.1. The number of anilines is 1. The first kappa shape index (κ1) is 12.0. The van der Waals surface area contributed by atoms with E-state index in [4.69, 9.17) is 16.2 Å². The highest BCUT2D eigenvalue weighted by atomic mass is 16.5. The summed E-state index contributed by atoms with van der Waals surface area (Å²) in [4.78, 5) is 11.1. The molecule has 4 nitrogen and oxygen atoms in total. The van der Waals surface area contributed by atoms with E-state index in [0.717, 1.165) is 5.56 Å². The number of carbonyl (C=O) groups is 1. The van der Waals surface area contributed by atoms with Crippen molar-refractivity contribution in [2.24, 2.45) is 5.73 Å². The summed E-state index contributed by atoms with van der Waals surface area (Å²) in [7, 11) is 0. The molecular weight excluding hydrogens is 228 g/mol. The highest BCUT2D eigenvalue weighted by Gasteiger charge is 2.07. The van der Waals surface area contributed by atoms with Gasteiger partial charge < -0.3 is 16.2 Å². The fourth-order valence-corrected chi connectivity index (χ4v) is 1.65. The number of amides is 1. The fourth-order valence-electron chi connectivity index (χ4n) is 1.65. The predicted octanol–water partition coefficient (Wildman–Crippen LogP) is 2.47. The third-order valence-corrected chi connectivity index (χ3v) is 2.58. The lowest BCUT2D eigenvalue weighted by Crippen LogP contribution is -2.10. The summed E-state index contributed by atoms with van der Waals surface area (Å²) < 4.78 is 5.70. The van der Waals surface area contributed by atoms with Crippen molar-refractivity contribution < 1.29 is 9.53 Å². The third kappa shape index (κ3) is 2.43. The second kappa shape index (κ2) is 4.79. The Morgan fingerprint density at radius 2 is 1.89 bits per heavy atom. The van der Waals surface area contributed by atoms with E-state index in [2.05, 4.69) is 0 Å². The number of carbonyl (C=O) groups excluding carboxylic acids is 1. The highest BCUT2D eigenvalue weighted by Crippen LogP contribution is 2.30. The SMILES string of the molecule is Cc1cccc(N)c1Oc1cccc(C(N)=O)c1. The quantitative estimate of drug-likeness (QED) is 0.811. The van der Waals surface area contributed by atoms with Crippen LogP contribution in [0.4, 0.5) is 5.69 Å². The van der Waals surface area contributed by atoms with Crippen LogP contribution in [0.25, 0.3) is 0 Å². The molecular formula is C14H14N2O2. The van der Waals surface area contributed by atoms with Crippen molar-refractivity contribution in [3.05, 3.63) is 53.6 Å². The molecule has 0 spiro atoms. The number of benzene rings is 2. The largest absolute Gasteiger partial charge is 0.455 e. The van der Waals surface area contributed by atoms with Crippen molar-refractivity contribution in [3.8, 4) is 11.5 Å². The molecule has 2 aromatic carbocycles. The van der Waals surface area contributed by atoms with E-state index in [1.165, 1.54) is 0 Å². The van der Waals surface area contributed by atoms with Gasteiger partial charge in [0.1, 0.15) is 5.75 Å². The zero-order valence-electron chi connectivity index (χ0n) is 10.0. The number of aryl methyl sites for hydroxylation is 1. The Bertz CT molecular complexity index is 574. The number of nitrogens with two attached hydrogens (primary N) is 2. The summed E-state index contributed by atoms with van der Waals surface area (Å²) in [5, 5.41) is 0. The van der Waals surface area contributed by atoms with E-state index in [0.29, 0.717) is 22.7 Å². The average Bonchev–Trinajstić information content (AvgIpc) is 2.34. The summed E-state index contributed by atoms with van der Waals surface area (Å²) in [6.45, 7) is 1.91. The predicted molar refractivity (Wildman–Crippen MR) is 70.6 cm³/mol. The third-order valence-electron chi connectivity index (χ3n) is 2.58. The van der Waals surface area contributed by atoms with Gasteiger partial charge in [0.2, 0.25) is 5.91 Å². The van der Waals surface area contributed by atoms with Crippen molar-refractivity contribution in [1.29, 1.82) is 0 Å². The first-order valence-electron chi connectivity index (χ1n) is 5.51. The van der Waals surface area contributed by atoms with Crippen LogP contribution in [0.5, 0.6) is 11.5 Å². The topological polar surface area (TPSA) is 78.3 Å². The van der Waals surface area contributed by atoms with E-state index >= 15 is 0 Å². The standard InChI is InChI=1S/C14H14N2O2/c1-9-4-2-7-12(15)13(9)18-11-6-3-5-10(8-11)14(16)17/h2-8H,15H2,1H3,(H2,16,17). The smallest absolute Gasteiger partial charge is 0.248 e. The molecule has 2 rings (SSSR count). The molecule has 92 valence electrons. The lowest BCUT2D eigenvalue weighted by molar-refractivity contribution is 0.1000. The van der Waals surface area contributed by atoms with Crippen LogP contribution in [0.15, 0.2) is 42.5 Å². The second-order valence-electron chi connectivity index (χ2n) is 3.99. The Kier molecular flexibility index (Phi) is 3.19. The second-order valence-corrected chi connectivity index (χ2v) is 3.99. The molecule has 0 heterocycles. The van der Waals surface area contributed by atoms with Gasteiger partial charge in [0.15, 0.2) is 5.75 Å². The van der Waals surface area contributed by atoms with Gasteiger partial charge in [-0.2, -0.15) is 0 Å². The van der Waals surface area contributed by atoms with Gasteiger partial charge in [-0.25, -0.2) is 0 Å². The number of para-hydroxylation sites is 1. The van der Waals surface area contributed by atoms with E-state index in [1.54, 1.807) is 30.3 Å². The number of hydrogen-bond donors (Lipinski definition) is 2. The van der Waals surface area contributed by atoms with Gasteiger partial charge in [-0.15, -0.1) is 0 Å². The van der Waals surface area contributed by atoms with Crippen LogP contribution < -0.4 is 16.2 Å². The zero-order chi connectivity index (χ0) is 13.1. The maximum atomic E-state index is 11.1. The molecule has 0 atom stereocenters. The van der Waals surface area contributed by atoms with E-state index in [-0.39, 0.29) is 0 Å². The average molecular weight is 242 g/mol. The molecule has 0 aromatic heterocycles. The van der Waals surface area contributed by atoms with Crippen LogP contribution >= 0.6 is 0 Å². The minimum Gasteiger partial charge on any atom is -0.455 e. The minimum atomic E-state index is -0.488. The Morgan fingerprint density at radius 1 is 1.17 bits per heavy atom. The van der Waals surface area contributed by atoms with Crippen LogP contribution in [-0.2, 0) is 0 Å². The molecule has 0 unspecified atom stereocenters. The van der Waals surface area contributed by atoms with Crippen LogP contribution in [0.1, 0.15) is 15.9 Å². The summed E-state index contributed by atoms with van der Waals surface area (Å²) in [6.07, 6.45) is 0. The van der Waals surface area contributed by atoms with E-state index in [1.807, 2.05) is 19.1 Å². The molecule has 4 N–H and O–H groups in total. The summed E-state index contributed by atoms with van der Waals surface area (Å²) >= 11 is 0. The van der Waals surface area contributed by atoms with Gasteiger partial charge >= 0.3 is 0 Å². The van der Waals surface area contributed by atoms with Crippen molar-refractivity contribution >= 4 is 11.6 Å². The molecule has 0 bridgehead atoms. The Hall–Kier alpha value is -2.49. The van der Waals surface area contributed by atoms with Crippen LogP contribution in [-0.4, -0.2) is 5.91 Å². The molecule has 0 aliphatic heterocycles. The van der Waals surface area contributed by atoms with E-state index in [9.17, 15) is 4.79 Å². The molecule has 4 heteroatoms. The summed E-state index contributed by atoms with van der Waals surface area (Å²) in [5.41, 5.74) is 13.0. The minimum absolute atomic E-state index is 0.402. The van der Waals surface area contributed by atoms with Gasteiger partial charge in [-0.1, -0.05) is 18.2 Å². The molecule has 0 aliphatic rings. The van der Waals surface area contributed by atoms with Crippen LogP contribution in [0.3, 0.4) is 0 Å². The number of ether oxygens (including phenoxy) is 1. The lowest BCUT2D eigenvalue weighted by atomic mass is 10.2. The number of hydrogen-bond acceptors (Lipinski definition) is 3. The number of nitrogen functional groups attached to an aromatic ring is 1. The van der Waals surface area contributed by atoms with E-state index < -0.39 is 5.91 Å². The highest BCUT2D eigenvalue weighted by molar-refractivity contribution is 5.93. The summed E-state index contributed by atoms with van der Waals surface area (Å²) in [5.74, 6) is 0.643.